The second kappa shape index (κ2) is 7.09. The van der Waals surface area contributed by atoms with Crippen LogP contribution in [0.3, 0.4) is 0 Å². The van der Waals surface area contributed by atoms with Crippen molar-refractivity contribution in [3.8, 4) is 0 Å². The highest BCUT2D eigenvalue weighted by Gasteiger charge is 2.22. The Morgan fingerprint density at radius 1 is 1.32 bits per heavy atom. The molecule has 0 atom stereocenters. The number of aliphatic hydroxyl groups is 1. The number of hydrogen-bond acceptors (Lipinski definition) is 2. The predicted octanol–water partition coefficient (Wildman–Crippen LogP) is 2.18. The van der Waals surface area contributed by atoms with Gasteiger partial charge >= 0.3 is 6.03 Å². The van der Waals surface area contributed by atoms with Crippen LogP contribution in [-0.4, -0.2) is 23.3 Å². The van der Waals surface area contributed by atoms with E-state index in [1.807, 2.05) is 13.8 Å². The van der Waals surface area contributed by atoms with E-state index in [-0.39, 0.29) is 24.9 Å². The molecule has 0 unspecified atom stereocenters. The van der Waals surface area contributed by atoms with Crippen LogP contribution in [0.2, 0.25) is 0 Å². The molecule has 0 fully saturated rings. The van der Waals surface area contributed by atoms with Crippen LogP contribution >= 0.6 is 0 Å². The molecule has 19 heavy (non-hydrogen) atoms. The van der Waals surface area contributed by atoms with Crippen molar-refractivity contribution < 1.29 is 14.3 Å². The van der Waals surface area contributed by atoms with Crippen LogP contribution in [-0.2, 0) is 6.54 Å². The van der Waals surface area contributed by atoms with Crippen molar-refractivity contribution in [3.63, 3.8) is 0 Å². The molecule has 0 aromatic heterocycles. The second-order valence-corrected chi connectivity index (χ2v) is 4.60. The topological polar surface area (TPSA) is 61.4 Å². The number of carbonyl (C=O) groups excluding carboxylic acids is 1. The molecule has 1 aromatic rings. The van der Waals surface area contributed by atoms with Gasteiger partial charge in [0.15, 0.2) is 0 Å². The van der Waals surface area contributed by atoms with Crippen LogP contribution < -0.4 is 10.6 Å². The minimum Gasteiger partial charge on any atom is -0.388 e. The van der Waals surface area contributed by atoms with Gasteiger partial charge in [-0.3, -0.25) is 0 Å². The van der Waals surface area contributed by atoms with Gasteiger partial charge in [-0.2, -0.15) is 0 Å². The standard InChI is InChI=1S/C14H21FN2O2/c1-3-14(19,4-2)10-17-13(18)16-9-11-6-5-7-12(15)8-11/h5-8,19H,3-4,9-10H2,1-2H3,(H2,16,17,18). The van der Waals surface area contributed by atoms with Crippen molar-refractivity contribution in [2.75, 3.05) is 6.54 Å². The van der Waals surface area contributed by atoms with E-state index in [1.54, 1.807) is 12.1 Å². The van der Waals surface area contributed by atoms with E-state index in [2.05, 4.69) is 10.6 Å². The zero-order valence-corrected chi connectivity index (χ0v) is 11.4. The highest BCUT2D eigenvalue weighted by molar-refractivity contribution is 5.73. The molecular weight excluding hydrogens is 247 g/mol. The average Bonchev–Trinajstić information content (AvgIpc) is 2.42. The fourth-order valence-corrected chi connectivity index (χ4v) is 1.64. The van der Waals surface area contributed by atoms with E-state index in [9.17, 15) is 14.3 Å². The summed E-state index contributed by atoms with van der Waals surface area (Å²) in [5.41, 5.74) is -0.174. The second-order valence-electron chi connectivity index (χ2n) is 4.60. The third kappa shape index (κ3) is 5.26. The lowest BCUT2D eigenvalue weighted by Gasteiger charge is -2.25. The van der Waals surface area contributed by atoms with Crippen molar-refractivity contribution in [2.45, 2.75) is 38.8 Å². The Balaban J connectivity index is 2.36. The average molecular weight is 268 g/mol. The first-order valence-electron chi connectivity index (χ1n) is 6.47. The summed E-state index contributed by atoms with van der Waals surface area (Å²) in [4.78, 5) is 11.6. The van der Waals surface area contributed by atoms with Crippen LogP contribution in [0.1, 0.15) is 32.3 Å². The van der Waals surface area contributed by atoms with Crippen molar-refractivity contribution in [1.29, 1.82) is 0 Å². The maximum absolute atomic E-state index is 12.9. The maximum Gasteiger partial charge on any atom is 0.315 e. The van der Waals surface area contributed by atoms with E-state index < -0.39 is 5.60 Å². The summed E-state index contributed by atoms with van der Waals surface area (Å²) in [6, 6.07) is 5.68. The lowest BCUT2D eigenvalue weighted by molar-refractivity contribution is 0.0349. The molecule has 2 amide bonds. The molecule has 4 nitrogen and oxygen atoms in total. The molecule has 0 saturated carbocycles. The number of rotatable bonds is 6. The molecule has 106 valence electrons. The van der Waals surface area contributed by atoms with Gasteiger partial charge in [0.1, 0.15) is 5.82 Å². The Morgan fingerprint density at radius 2 is 2.00 bits per heavy atom. The lowest BCUT2D eigenvalue weighted by atomic mass is 9.98. The maximum atomic E-state index is 12.9. The number of amides is 2. The molecule has 0 saturated heterocycles. The Kier molecular flexibility index (Phi) is 5.76. The molecule has 0 aliphatic heterocycles. The van der Waals surface area contributed by atoms with Crippen LogP contribution in [0.25, 0.3) is 0 Å². The fraction of sp³-hybridized carbons (Fsp3) is 0.500. The van der Waals surface area contributed by atoms with E-state index in [4.69, 9.17) is 0 Å². The number of urea groups is 1. The molecule has 0 heterocycles. The zero-order valence-electron chi connectivity index (χ0n) is 11.4. The fourth-order valence-electron chi connectivity index (χ4n) is 1.64. The monoisotopic (exact) mass is 268 g/mol. The smallest absolute Gasteiger partial charge is 0.315 e. The van der Waals surface area contributed by atoms with Gasteiger partial charge in [0.2, 0.25) is 0 Å². The third-order valence-electron chi connectivity index (χ3n) is 3.24. The summed E-state index contributed by atoms with van der Waals surface area (Å²) in [6.45, 7) is 4.20. The van der Waals surface area contributed by atoms with Gasteiger partial charge in [-0.05, 0) is 30.5 Å². The van der Waals surface area contributed by atoms with Crippen LogP contribution in [0, 0.1) is 5.82 Å². The predicted molar refractivity (Wildman–Crippen MR) is 72.2 cm³/mol. The number of hydrogen-bond donors (Lipinski definition) is 3. The first-order chi connectivity index (χ1) is 8.99. The van der Waals surface area contributed by atoms with Crippen LogP contribution in [0.15, 0.2) is 24.3 Å². The zero-order chi connectivity index (χ0) is 14.3. The van der Waals surface area contributed by atoms with Crippen molar-refractivity contribution in [3.05, 3.63) is 35.6 Å². The van der Waals surface area contributed by atoms with Gasteiger partial charge < -0.3 is 15.7 Å². The van der Waals surface area contributed by atoms with Gasteiger partial charge in [-0.1, -0.05) is 26.0 Å². The summed E-state index contributed by atoms with van der Waals surface area (Å²) in [7, 11) is 0. The van der Waals surface area contributed by atoms with E-state index in [0.29, 0.717) is 18.4 Å². The van der Waals surface area contributed by atoms with E-state index in [0.717, 1.165) is 0 Å². The molecule has 3 N–H and O–H groups in total. The first kappa shape index (κ1) is 15.4. The van der Waals surface area contributed by atoms with Gasteiger partial charge in [-0.25, -0.2) is 9.18 Å². The van der Waals surface area contributed by atoms with Gasteiger partial charge in [0.05, 0.1) is 5.60 Å². The molecule has 0 spiro atoms. The number of carbonyl (C=O) groups is 1. The van der Waals surface area contributed by atoms with E-state index in [1.165, 1.54) is 12.1 Å². The highest BCUT2D eigenvalue weighted by Crippen LogP contribution is 2.12. The number of nitrogens with one attached hydrogen (secondary N) is 2. The van der Waals surface area contributed by atoms with E-state index >= 15 is 0 Å². The van der Waals surface area contributed by atoms with Gasteiger partial charge in [-0.15, -0.1) is 0 Å². The van der Waals surface area contributed by atoms with Crippen molar-refractivity contribution in [2.24, 2.45) is 0 Å². The third-order valence-corrected chi connectivity index (χ3v) is 3.24. The van der Waals surface area contributed by atoms with Gasteiger partial charge in [0.25, 0.3) is 0 Å². The molecule has 0 aliphatic rings. The lowest BCUT2D eigenvalue weighted by Crippen LogP contribution is -2.45. The molecule has 0 bridgehead atoms. The summed E-state index contributed by atoms with van der Waals surface area (Å²) >= 11 is 0. The first-order valence-corrected chi connectivity index (χ1v) is 6.47. The minimum atomic E-state index is -0.865. The van der Waals surface area contributed by atoms with Crippen molar-refractivity contribution >= 4 is 6.03 Å². The largest absolute Gasteiger partial charge is 0.388 e. The summed E-state index contributed by atoms with van der Waals surface area (Å²) in [5.74, 6) is -0.328. The Labute approximate surface area is 113 Å². The molecule has 1 aromatic carbocycles. The quantitative estimate of drug-likeness (QED) is 0.740. The molecule has 1 rings (SSSR count). The highest BCUT2D eigenvalue weighted by atomic mass is 19.1. The van der Waals surface area contributed by atoms with Crippen LogP contribution in [0.5, 0.6) is 0 Å². The summed E-state index contributed by atoms with van der Waals surface area (Å²) < 4.78 is 12.9. The Bertz CT molecular complexity index is 420. The number of halogens is 1. The molecule has 0 radical (unpaired) electrons. The minimum absolute atomic E-state index is 0.203. The van der Waals surface area contributed by atoms with Crippen LogP contribution in [0.4, 0.5) is 9.18 Å². The molecule has 0 aliphatic carbocycles. The molecular formula is C14H21FN2O2. The van der Waals surface area contributed by atoms with Gasteiger partial charge in [0, 0.05) is 13.1 Å². The number of benzene rings is 1. The summed E-state index contributed by atoms with van der Waals surface area (Å²) in [5, 5.41) is 15.2. The molecule has 5 heteroatoms. The Hall–Kier alpha value is -1.62. The van der Waals surface area contributed by atoms with Crippen molar-refractivity contribution in [1.82, 2.24) is 10.6 Å². The Morgan fingerprint density at radius 3 is 2.58 bits per heavy atom. The SMILES string of the molecule is CCC(O)(CC)CNC(=O)NCc1cccc(F)c1. The normalized spacial score (nSPS) is 11.2. The summed E-state index contributed by atoms with van der Waals surface area (Å²) in [6.07, 6.45) is 1.15.